The van der Waals surface area contributed by atoms with Gasteiger partial charge in [-0.15, -0.1) is 0 Å². The van der Waals surface area contributed by atoms with Crippen LogP contribution in [0.1, 0.15) is 41.0 Å². The molecule has 2 heterocycles. The maximum absolute atomic E-state index is 6.14. The lowest BCUT2D eigenvalue weighted by atomic mass is 10.1. The summed E-state index contributed by atoms with van der Waals surface area (Å²) in [5.74, 6) is 0.351. The zero-order chi connectivity index (χ0) is 18.4. The normalized spacial score (nSPS) is 31.1. The zero-order valence-electron chi connectivity index (χ0n) is 15.4. The summed E-state index contributed by atoms with van der Waals surface area (Å²) in [6.07, 6.45) is 0.742. The third kappa shape index (κ3) is 4.53. The van der Waals surface area contributed by atoms with Gasteiger partial charge in [0.2, 0.25) is 5.95 Å². The number of aromatic nitrogens is 2. The molecule has 3 rings (SSSR count). The maximum atomic E-state index is 6.14. The second kappa shape index (κ2) is 6.54. The Morgan fingerprint density at radius 3 is 2.64 bits per heavy atom. The molecule has 25 heavy (non-hydrogen) atoms. The molecule has 0 amide bonds. The monoisotopic (exact) mass is 370 g/mol. The minimum atomic E-state index is -0.613. The molecular formula is C17H27ClN4O3. The highest BCUT2D eigenvalue weighted by atomic mass is 35.5. The molecule has 1 aromatic rings. The van der Waals surface area contributed by atoms with Gasteiger partial charge in [0.25, 0.3) is 0 Å². The first-order chi connectivity index (χ1) is 11.5. The van der Waals surface area contributed by atoms with Crippen molar-refractivity contribution >= 4 is 23.4 Å². The van der Waals surface area contributed by atoms with Gasteiger partial charge in [-0.1, -0.05) is 11.6 Å². The summed E-state index contributed by atoms with van der Waals surface area (Å²) in [6, 6.07) is 1.69. The summed E-state index contributed by atoms with van der Waals surface area (Å²) in [7, 11) is 0. The Hall–Kier alpha value is -1.15. The lowest BCUT2D eigenvalue weighted by Crippen LogP contribution is -2.34. The molecule has 1 aromatic heterocycles. The Bertz CT molecular complexity index is 615. The van der Waals surface area contributed by atoms with E-state index in [0.717, 1.165) is 6.42 Å². The highest BCUT2D eigenvalue weighted by Gasteiger charge is 2.54. The standard InChI is InChI=1S/C17H27ClN4O3/c1-16(2,3)23-8-9-6-10(14-13(9)24-17(4,5)25-14)20-12-7-11(18)21-15(19)22-12/h7,9-10,13-14H,6,8H2,1-5H3,(H3,19,20,21,22)/t9-,10-,13-,14+/m0/s1. The van der Waals surface area contributed by atoms with Gasteiger partial charge in [0.15, 0.2) is 5.79 Å². The molecule has 0 bridgehead atoms. The van der Waals surface area contributed by atoms with Crippen molar-refractivity contribution in [3.8, 4) is 0 Å². The fourth-order valence-corrected chi connectivity index (χ4v) is 3.64. The number of anilines is 2. The van der Waals surface area contributed by atoms with Crippen LogP contribution in [-0.2, 0) is 14.2 Å². The number of hydrogen-bond acceptors (Lipinski definition) is 7. The van der Waals surface area contributed by atoms with Gasteiger partial charge in [0.1, 0.15) is 17.1 Å². The Labute approximate surface area is 153 Å². The topological polar surface area (TPSA) is 91.5 Å². The van der Waals surface area contributed by atoms with Crippen molar-refractivity contribution in [2.24, 2.45) is 5.92 Å². The van der Waals surface area contributed by atoms with Crippen LogP contribution in [0.25, 0.3) is 0 Å². The van der Waals surface area contributed by atoms with Gasteiger partial charge < -0.3 is 25.3 Å². The van der Waals surface area contributed by atoms with Gasteiger partial charge in [-0.25, -0.2) is 4.98 Å². The Morgan fingerprint density at radius 2 is 2.00 bits per heavy atom. The average molecular weight is 371 g/mol. The molecule has 140 valence electrons. The number of ether oxygens (including phenoxy) is 3. The van der Waals surface area contributed by atoms with E-state index in [4.69, 9.17) is 31.5 Å². The molecule has 0 unspecified atom stereocenters. The molecule has 8 heteroatoms. The summed E-state index contributed by atoms with van der Waals surface area (Å²) in [5.41, 5.74) is 5.49. The Morgan fingerprint density at radius 1 is 1.32 bits per heavy atom. The number of nitrogens with two attached hydrogens (primary N) is 1. The van der Waals surface area contributed by atoms with Crippen LogP contribution in [0.5, 0.6) is 0 Å². The van der Waals surface area contributed by atoms with Crippen molar-refractivity contribution in [2.45, 2.75) is 70.7 Å². The van der Waals surface area contributed by atoms with Crippen LogP contribution in [0.2, 0.25) is 5.15 Å². The molecule has 4 atom stereocenters. The number of nitrogens with one attached hydrogen (secondary N) is 1. The highest BCUT2D eigenvalue weighted by molar-refractivity contribution is 6.29. The number of halogens is 1. The van der Waals surface area contributed by atoms with Crippen LogP contribution in [-0.4, -0.2) is 46.2 Å². The first-order valence-corrected chi connectivity index (χ1v) is 8.96. The van der Waals surface area contributed by atoms with Crippen molar-refractivity contribution in [3.63, 3.8) is 0 Å². The SMILES string of the molecule is CC(C)(C)OC[C@@H]1C[C@H](Nc2cc(Cl)nc(N)n2)[C@H]2OC(C)(C)O[C@@H]12. The van der Waals surface area contributed by atoms with Crippen molar-refractivity contribution in [1.82, 2.24) is 9.97 Å². The molecule has 1 saturated heterocycles. The predicted molar refractivity (Wildman–Crippen MR) is 96.5 cm³/mol. The van der Waals surface area contributed by atoms with E-state index in [0.29, 0.717) is 17.6 Å². The Kier molecular flexibility index (Phi) is 4.87. The minimum absolute atomic E-state index is 0.0236. The van der Waals surface area contributed by atoms with Gasteiger partial charge in [-0.3, -0.25) is 0 Å². The summed E-state index contributed by atoms with van der Waals surface area (Å²) < 4.78 is 18.3. The first kappa shape index (κ1) is 18.6. The van der Waals surface area contributed by atoms with Gasteiger partial charge in [0, 0.05) is 12.0 Å². The molecule has 0 spiro atoms. The van der Waals surface area contributed by atoms with Crippen molar-refractivity contribution in [1.29, 1.82) is 0 Å². The molecule has 2 fully saturated rings. The van der Waals surface area contributed by atoms with E-state index >= 15 is 0 Å². The molecule has 2 aliphatic rings. The van der Waals surface area contributed by atoms with E-state index in [1.54, 1.807) is 6.07 Å². The van der Waals surface area contributed by atoms with Crippen LogP contribution in [0.4, 0.5) is 11.8 Å². The lowest BCUT2D eigenvalue weighted by molar-refractivity contribution is -0.161. The van der Waals surface area contributed by atoms with Crippen LogP contribution >= 0.6 is 11.6 Å². The number of nitrogen functional groups attached to an aromatic ring is 1. The van der Waals surface area contributed by atoms with Crippen molar-refractivity contribution in [3.05, 3.63) is 11.2 Å². The molecule has 1 aliphatic heterocycles. The zero-order valence-corrected chi connectivity index (χ0v) is 16.1. The quantitative estimate of drug-likeness (QED) is 0.787. The van der Waals surface area contributed by atoms with E-state index in [-0.39, 0.29) is 35.7 Å². The van der Waals surface area contributed by atoms with Crippen LogP contribution in [0.15, 0.2) is 6.07 Å². The summed E-state index contributed by atoms with van der Waals surface area (Å²) in [4.78, 5) is 8.09. The van der Waals surface area contributed by atoms with Gasteiger partial charge in [-0.2, -0.15) is 4.98 Å². The predicted octanol–water partition coefficient (Wildman–Crippen LogP) is 2.85. The first-order valence-electron chi connectivity index (χ1n) is 8.59. The third-order valence-corrected chi connectivity index (χ3v) is 4.55. The molecule has 0 radical (unpaired) electrons. The molecule has 1 saturated carbocycles. The van der Waals surface area contributed by atoms with Crippen LogP contribution < -0.4 is 11.1 Å². The minimum Gasteiger partial charge on any atom is -0.375 e. The summed E-state index contributed by atoms with van der Waals surface area (Å²) in [6.45, 7) is 10.6. The van der Waals surface area contributed by atoms with E-state index in [2.05, 4.69) is 36.1 Å². The van der Waals surface area contributed by atoms with E-state index in [1.165, 1.54) is 0 Å². The number of fused-ring (bicyclic) bond motifs is 1. The molecule has 0 aromatic carbocycles. The summed E-state index contributed by atoms with van der Waals surface area (Å²) >= 11 is 5.97. The molecule has 7 nitrogen and oxygen atoms in total. The maximum Gasteiger partial charge on any atom is 0.223 e. The van der Waals surface area contributed by atoms with Crippen LogP contribution in [0, 0.1) is 5.92 Å². The fourth-order valence-electron chi connectivity index (χ4n) is 3.45. The van der Waals surface area contributed by atoms with Crippen molar-refractivity contribution in [2.75, 3.05) is 17.7 Å². The second-order valence-electron chi connectivity index (χ2n) is 8.17. The molecular weight excluding hydrogens is 344 g/mol. The van der Waals surface area contributed by atoms with E-state index in [1.807, 2.05) is 13.8 Å². The number of hydrogen-bond donors (Lipinski definition) is 2. The Balaban J connectivity index is 1.75. The lowest BCUT2D eigenvalue weighted by Gasteiger charge is -2.26. The number of nitrogens with zero attached hydrogens (tertiary/aromatic N) is 2. The highest BCUT2D eigenvalue weighted by Crippen LogP contribution is 2.43. The van der Waals surface area contributed by atoms with E-state index in [9.17, 15) is 0 Å². The van der Waals surface area contributed by atoms with Gasteiger partial charge >= 0.3 is 0 Å². The average Bonchev–Trinajstić information content (AvgIpc) is 2.89. The smallest absolute Gasteiger partial charge is 0.223 e. The number of rotatable bonds is 4. The third-order valence-electron chi connectivity index (χ3n) is 4.36. The van der Waals surface area contributed by atoms with E-state index < -0.39 is 5.79 Å². The largest absolute Gasteiger partial charge is 0.375 e. The van der Waals surface area contributed by atoms with Crippen molar-refractivity contribution < 1.29 is 14.2 Å². The molecule has 1 aliphatic carbocycles. The van der Waals surface area contributed by atoms with Gasteiger partial charge in [0.05, 0.1) is 24.4 Å². The van der Waals surface area contributed by atoms with Crippen LogP contribution in [0.3, 0.4) is 0 Å². The molecule has 3 N–H and O–H groups in total. The van der Waals surface area contributed by atoms with Gasteiger partial charge in [-0.05, 0) is 41.0 Å². The summed E-state index contributed by atoms with van der Waals surface area (Å²) in [5, 5.41) is 3.69. The fraction of sp³-hybridized carbons (Fsp3) is 0.765. The second-order valence-corrected chi connectivity index (χ2v) is 8.56.